The Balaban J connectivity index is 1.81. The molecule has 3 aromatic rings. The third-order valence-corrected chi connectivity index (χ3v) is 4.37. The first-order valence-electron chi connectivity index (χ1n) is 8.52. The van der Waals surface area contributed by atoms with Gasteiger partial charge < -0.3 is 14.6 Å². The smallest absolute Gasteiger partial charge is 0.330 e. The Morgan fingerprint density at radius 1 is 1.19 bits per heavy atom. The molecule has 0 radical (unpaired) electrons. The molecule has 3 rings (SSSR count). The number of H-pyrrole nitrogens is 1. The molecule has 0 aliphatic carbocycles. The van der Waals surface area contributed by atoms with E-state index in [1.807, 2.05) is 73.7 Å². The molecule has 0 fully saturated rings. The van der Waals surface area contributed by atoms with E-state index in [0.717, 1.165) is 27.7 Å². The summed E-state index contributed by atoms with van der Waals surface area (Å²) in [5.74, 6) is -0.337. The first-order chi connectivity index (χ1) is 12.6. The van der Waals surface area contributed by atoms with Crippen LogP contribution in [0.15, 0.2) is 59.7 Å². The number of hydrogen-bond donors (Lipinski definition) is 1. The average molecular weight is 349 g/mol. The van der Waals surface area contributed by atoms with Gasteiger partial charge in [0, 0.05) is 49.5 Å². The van der Waals surface area contributed by atoms with E-state index < -0.39 is 6.04 Å². The molecule has 0 amide bonds. The lowest BCUT2D eigenvalue weighted by atomic mass is 10.1. The Morgan fingerprint density at radius 2 is 1.92 bits per heavy atom. The van der Waals surface area contributed by atoms with Gasteiger partial charge in [-0.2, -0.15) is 0 Å². The standard InChI is InChI=1S/C21H23N3O2/c1-24(2)17-10-8-15(9-11-17)13-22-20(21(25)26-3)12-16-14-23-19-7-5-4-6-18(16)19/h4-11,13-14,20,23H,12H2,1-3H3. The third-order valence-electron chi connectivity index (χ3n) is 4.37. The molecular weight excluding hydrogens is 326 g/mol. The molecule has 0 saturated heterocycles. The minimum Gasteiger partial charge on any atom is -0.467 e. The number of nitrogens with zero attached hydrogens (tertiary/aromatic N) is 2. The topological polar surface area (TPSA) is 57.7 Å². The van der Waals surface area contributed by atoms with Crippen molar-refractivity contribution in [3.05, 3.63) is 65.9 Å². The van der Waals surface area contributed by atoms with Gasteiger partial charge in [0.25, 0.3) is 0 Å². The van der Waals surface area contributed by atoms with E-state index in [-0.39, 0.29) is 5.97 Å². The number of nitrogens with one attached hydrogen (secondary N) is 1. The number of carbonyl (C=O) groups excluding carboxylic acids is 1. The fraction of sp³-hybridized carbons (Fsp3) is 0.238. The van der Waals surface area contributed by atoms with Crippen LogP contribution >= 0.6 is 0 Å². The van der Waals surface area contributed by atoms with Crippen molar-refractivity contribution in [1.29, 1.82) is 0 Å². The number of carbonyl (C=O) groups is 1. The number of aliphatic imine (C=N–C) groups is 1. The van der Waals surface area contributed by atoms with Crippen LogP contribution in [0.5, 0.6) is 0 Å². The molecular formula is C21H23N3O2. The second-order valence-electron chi connectivity index (χ2n) is 6.37. The molecule has 0 aliphatic rings. The number of hydrogen-bond acceptors (Lipinski definition) is 4. The number of aromatic amines is 1. The van der Waals surface area contributed by atoms with E-state index in [1.54, 1.807) is 6.21 Å². The Hall–Kier alpha value is -3.08. The SMILES string of the molecule is COC(=O)C(Cc1c[nH]c2ccccc12)N=Cc1ccc(N(C)C)cc1. The van der Waals surface area contributed by atoms with Crippen LogP contribution < -0.4 is 4.90 Å². The summed E-state index contributed by atoms with van der Waals surface area (Å²) in [6, 6.07) is 15.5. The molecule has 0 bridgehead atoms. The summed E-state index contributed by atoms with van der Waals surface area (Å²) in [5, 5.41) is 1.10. The predicted molar refractivity (Wildman–Crippen MR) is 106 cm³/mol. The molecule has 1 N–H and O–H groups in total. The van der Waals surface area contributed by atoms with E-state index in [2.05, 4.69) is 9.98 Å². The van der Waals surface area contributed by atoms with E-state index in [0.29, 0.717) is 6.42 Å². The molecule has 1 unspecified atom stereocenters. The van der Waals surface area contributed by atoms with Crippen molar-refractivity contribution in [2.75, 3.05) is 26.1 Å². The van der Waals surface area contributed by atoms with Gasteiger partial charge in [-0.05, 0) is 29.3 Å². The van der Waals surface area contributed by atoms with Crippen LogP contribution in [0.2, 0.25) is 0 Å². The van der Waals surface area contributed by atoms with Crippen molar-refractivity contribution in [2.45, 2.75) is 12.5 Å². The minimum absolute atomic E-state index is 0.337. The van der Waals surface area contributed by atoms with Crippen LogP contribution in [0, 0.1) is 0 Å². The lowest BCUT2D eigenvalue weighted by Gasteiger charge is -2.12. The quantitative estimate of drug-likeness (QED) is 0.548. The lowest BCUT2D eigenvalue weighted by Crippen LogP contribution is -2.23. The fourth-order valence-corrected chi connectivity index (χ4v) is 2.88. The first-order valence-corrected chi connectivity index (χ1v) is 8.52. The second kappa shape index (κ2) is 7.87. The summed E-state index contributed by atoms with van der Waals surface area (Å²) in [6.45, 7) is 0. The maximum atomic E-state index is 12.2. The van der Waals surface area contributed by atoms with Gasteiger partial charge in [-0.3, -0.25) is 4.99 Å². The van der Waals surface area contributed by atoms with Gasteiger partial charge >= 0.3 is 5.97 Å². The maximum absolute atomic E-state index is 12.2. The molecule has 0 spiro atoms. The number of ether oxygens (including phenoxy) is 1. The number of anilines is 1. The largest absolute Gasteiger partial charge is 0.467 e. The highest BCUT2D eigenvalue weighted by molar-refractivity contribution is 5.87. The molecule has 1 aromatic heterocycles. The highest BCUT2D eigenvalue weighted by Crippen LogP contribution is 2.20. The summed E-state index contributed by atoms with van der Waals surface area (Å²) in [7, 11) is 5.39. The van der Waals surface area contributed by atoms with Gasteiger partial charge in [-0.1, -0.05) is 30.3 Å². The number of fused-ring (bicyclic) bond motifs is 1. The average Bonchev–Trinajstić information content (AvgIpc) is 3.07. The summed E-state index contributed by atoms with van der Waals surface area (Å²) >= 11 is 0. The van der Waals surface area contributed by atoms with Crippen molar-refractivity contribution in [2.24, 2.45) is 4.99 Å². The summed E-state index contributed by atoms with van der Waals surface area (Å²) in [6.07, 6.45) is 4.15. The Morgan fingerprint density at radius 3 is 2.62 bits per heavy atom. The van der Waals surface area contributed by atoms with E-state index >= 15 is 0 Å². The molecule has 2 aromatic carbocycles. The van der Waals surface area contributed by atoms with Crippen LogP contribution in [0.4, 0.5) is 5.69 Å². The zero-order valence-corrected chi connectivity index (χ0v) is 15.3. The molecule has 1 heterocycles. The number of esters is 1. The molecule has 134 valence electrons. The maximum Gasteiger partial charge on any atom is 0.330 e. The van der Waals surface area contributed by atoms with Crippen LogP contribution in [-0.4, -0.2) is 44.4 Å². The molecule has 0 saturated carbocycles. The van der Waals surface area contributed by atoms with Gasteiger partial charge in [-0.15, -0.1) is 0 Å². The molecule has 26 heavy (non-hydrogen) atoms. The van der Waals surface area contributed by atoms with Crippen molar-refractivity contribution in [3.63, 3.8) is 0 Å². The second-order valence-corrected chi connectivity index (χ2v) is 6.37. The lowest BCUT2D eigenvalue weighted by molar-refractivity contribution is -0.142. The van der Waals surface area contributed by atoms with Crippen molar-refractivity contribution in [1.82, 2.24) is 4.98 Å². The van der Waals surface area contributed by atoms with Gasteiger partial charge in [0.15, 0.2) is 6.04 Å². The predicted octanol–water partition coefficient (Wildman–Crippen LogP) is 3.44. The molecule has 5 heteroatoms. The Kier molecular flexibility index (Phi) is 5.37. The van der Waals surface area contributed by atoms with Crippen LogP contribution in [0.1, 0.15) is 11.1 Å². The zero-order valence-electron chi connectivity index (χ0n) is 15.3. The summed E-state index contributed by atoms with van der Waals surface area (Å²) in [5.41, 5.74) is 4.17. The van der Waals surface area contributed by atoms with Crippen LogP contribution in [-0.2, 0) is 16.0 Å². The summed E-state index contributed by atoms with van der Waals surface area (Å²) in [4.78, 5) is 21.9. The number of para-hydroxylation sites is 1. The van der Waals surface area contributed by atoms with E-state index in [9.17, 15) is 4.79 Å². The number of aromatic nitrogens is 1. The van der Waals surface area contributed by atoms with Crippen molar-refractivity contribution >= 4 is 28.8 Å². The van der Waals surface area contributed by atoms with Gasteiger partial charge in [0.2, 0.25) is 0 Å². The molecule has 5 nitrogen and oxygen atoms in total. The monoisotopic (exact) mass is 349 g/mol. The Labute approximate surface area is 153 Å². The van der Waals surface area contributed by atoms with Gasteiger partial charge in [-0.25, -0.2) is 4.79 Å². The normalized spacial score (nSPS) is 12.4. The number of methoxy groups -OCH3 is 1. The molecule has 0 aliphatic heterocycles. The van der Waals surface area contributed by atoms with Crippen LogP contribution in [0.25, 0.3) is 10.9 Å². The molecule has 1 atom stereocenters. The van der Waals surface area contributed by atoms with Gasteiger partial charge in [0.05, 0.1) is 7.11 Å². The highest BCUT2D eigenvalue weighted by Gasteiger charge is 2.19. The van der Waals surface area contributed by atoms with E-state index in [4.69, 9.17) is 4.74 Å². The van der Waals surface area contributed by atoms with Gasteiger partial charge in [0.1, 0.15) is 0 Å². The highest BCUT2D eigenvalue weighted by atomic mass is 16.5. The minimum atomic E-state index is -0.576. The zero-order chi connectivity index (χ0) is 18.5. The third kappa shape index (κ3) is 3.94. The fourth-order valence-electron chi connectivity index (χ4n) is 2.88. The number of benzene rings is 2. The first kappa shape index (κ1) is 17.7. The number of rotatable bonds is 6. The van der Waals surface area contributed by atoms with Crippen LogP contribution in [0.3, 0.4) is 0 Å². The summed E-state index contributed by atoms with van der Waals surface area (Å²) < 4.78 is 4.94. The van der Waals surface area contributed by atoms with Crippen molar-refractivity contribution < 1.29 is 9.53 Å². The Bertz CT molecular complexity index is 910. The van der Waals surface area contributed by atoms with E-state index in [1.165, 1.54) is 7.11 Å². The van der Waals surface area contributed by atoms with Crippen molar-refractivity contribution in [3.8, 4) is 0 Å².